The van der Waals surface area contributed by atoms with Crippen molar-refractivity contribution in [2.24, 2.45) is 0 Å². The van der Waals surface area contributed by atoms with Gasteiger partial charge in [0.05, 0.1) is 5.69 Å². The van der Waals surface area contributed by atoms with Crippen LogP contribution in [0.3, 0.4) is 0 Å². The molecule has 0 bridgehead atoms. The predicted octanol–water partition coefficient (Wildman–Crippen LogP) is 2.81. The smallest absolute Gasteiger partial charge is 0.264 e. The van der Waals surface area contributed by atoms with Crippen LogP contribution in [-0.2, 0) is 0 Å². The van der Waals surface area contributed by atoms with E-state index >= 15 is 0 Å². The maximum atomic E-state index is 11.1. The van der Waals surface area contributed by atoms with E-state index < -0.39 is 0 Å². The highest BCUT2D eigenvalue weighted by Crippen LogP contribution is 2.14. The van der Waals surface area contributed by atoms with Gasteiger partial charge < -0.3 is 4.74 Å². The molecule has 20 heavy (non-hydrogen) atoms. The quantitative estimate of drug-likeness (QED) is 0.848. The number of rotatable bonds is 5. The summed E-state index contributed by atoms with van der Waals surface area (Å²) in [5.74, 6) is 0.806. The average molecular weight is 268 g/mol. The number of aromatic nitrogens is 2. The zero-order chi connectivity index (χ0) is 14.4. The summed E-state index contributed by atoms with van der Waals surface area (Å²) in [4.78, 5) is 11.1. The predicted molar refractivity (Wildman–Crippen MR) is 80.7 cm³/mol. The molecule has 2 aromatic rings. The summed E-state index contributed by atoms with van der Waals surface area (Å²) < 4.78 is 5.41. The van der Waals surface area contributed by atoms with Gasteiger partial charge in [0.25, 0.3) is 5.56 Å². The van der Waals surface area contributed by atoms with E-state index in [-0.39, 0.29) is 5.56 Å². The first-order valence-corrected chi connectivity index (χ1v) is 6.27. The molecule has 1 heterocycles. The highest BCUT2D eigenvalue weighted by molar-refractivity contribution is 5.69. The highest BCUT2D eigenvalue weighted by atomic mass is 16.5. The minimum absolute atomic E-state index is 0.191. The maximum Gasteiger partial charge on any atom is 0.264 e. The Morgan fingerprint density at radius 1 is 1.30 bits per heavy atom. The standard InChI is InChI=1S/C16H16N2O2/c1-3-10-20-14-7-4-13(5-8-14)6-9-15-12(2)11-16(19)18-17-15/h3-9,11H,1,10H2,2H3,(H,18,19). The maximum absolute atomic E-state index is 11.1. The number of nitrogens with one attached hydrogen (secondary N) is 1. The van der Waals surface area contributed by atoms with E-state index in [2.05, 4.69) is 16.8 Å². The molecule has 4 nitrogen and oxygen atoms in total. The summed E-state index contributed by atoms with van der Waals surface area (Å²) in [5, 5.41) is 6.41. The molecule has 4 heteroatoms. The molecule has 0 saturated heterocycles. The Kier molecular flexibility index (Phi) is 4.50. The van der Waals surface area contributed by atoms with E-state index in [1.807, 2.05) is 43.3 Å². The summed E-state index contributed by atoms with van der Waals surface area (Å²) in [6.45, 7) is 5.95. The summed E-state index contributed by atoms with van der Waals surface area (Å²) in [6.07, 6.45) is 5.51. The van der Waals surface area contributed by atoms with Crippen molar-refractivity contribution in [3.63, 3.8) is 0 Å². The summed E-state index contributed by atoms with van der Waals surface area (Å²) in [5.41, 5.74) is 2.43. The van der Waals surface area contributed by atoms with Crippen LogP contribution in [-0.4, -0.2) is 16.8 Å². The van der Waals surface area contributed by atoms with E-state index in [1.165, 1.54) is 6.07 Å². The van der Waals surface area contributed by atoms with Gasteiger partial charge in [-0.15, -0.1) is 0 Å². The number of nitrogens with zero attached hydrogens (tertiary/aromatic N) is 1. The van der Waals surface area contributed by atoms with Gasteiger partial charge >= 0.3 is 0 Å². The van der Waals surface area contributed by atoms with E-state index in [0.717, 1.165) is 22.6 Å². The Morgan fingerprint density at radius 2 is 2.05 bits per heavy atom. The van der Waals surface area contributed by atoms with Crippen LogP contribution in [0.25, 0.3) is 12.2 Å². The van der Waals surface area contributed by atoms with Crippen LogP contribution in [0.5, 0.6) is 5.75 Å². The molecule has 1 aromatic heterocycles. The molecule has 0 aliphatic carbocycles. The van der Waals surface area contributed by atoms with Crippen molar-refractivity contribution in [2.75, 3.05) is 6.61 Å². The molecule has 102 valence electrons. The molecule has 1 N–H and O–H groups in total. The fourth-order valence-corrected chi connectivity index (χ4v) is 1.68. The van der Waals surface area contributed by atoms with E-state index in [9.17, 15) is 4.79 Å². The van der Waals surface area contributed by atoms with E-state index in [0.29, 0.717) is 6.61 Å². The van der Waals surface area contributed by atoms with Gasteiger partial charge in [0.2, 0.25) is 0 Å². The van der Waals surface area contributed by atoms with Crippen molar-refractivity contribution in [1.82, 2.24) is 10.2 Å². The van der Waals surface area contributed by atoms with E-state index in [4.69, 9.17) is 4.74 Å². The third-order valence-electron chi connectivity index (χ3n) is 2.72. The molecule has 0 aliphatic rings. The summed E-state index contributed by atoms with van der Waals surface area (Å²) >= 11 is 0. The summed E-state index contributed by atoms with van der Waals surface area (Å²) in [7, 11) is 0. The molecule has 0 spiro atoms. The van der Waals surface area contributed by atoms with Gasteiger partial charge in [0, 0.05) is 6.07 Å². The molecule has 0 fully saturated rings. The number of aromatic amines is 1. The number of H-pyrrole nitrogens is 1. The molecule has 1 aromatic carbocycles. The number of hydrogen-bond acceptors (Lipinski definition) is 3. The monoisotopic (exact) mass is 268 g/mol. The second kappa shape index (κ2) is 6.52. The first-order valence-electron chi connectivity index (χ1n) is 6.27. The average Bonchev–Trinajstić information content (AvgIpc) is 2.45. The van der Waals surface area contributed by atoms with Gasteiger partial charge in [0.1, 0.15) is 12.4 Å². The van der Waals surface area contributed by atoms with E-state index in [1.54, 1.807) is 6.08 Å². The summed E-state index contributed by atoms with van der Waals surface area (Å²) in [6, 6.07) is 9.23. The fourth-order valence-electron chi connectivity index (χ4n) is 1.68. The minimum Gasteiger partial charge on any atom is -0.490 e. The molecule has 0 aliphatic heterocycles. The normalized spacial score (nSPS) is 10.7. The highest BCUT2D eigenvalue weighted by Gasteiger charge is 1.97. The van der Waals surface area contributed by atoms with Gasteiger partial charge in [-0.3, -0.25) is 4.79 Å². The first-order chi connectivity index (χ1) is 9.69. The molecule has 0 saturated carbocycles. The molecule has 0 atom stereocenters. The first kappa shape index (κ1) is 13.8. The molecule has 0 radical (unpaired) electrons. The van der Waals surface area contributed by atoms with Crippen LogP contribution in [0.15, 0.2) is 47.8 Å². The number of aryl methyl sites for hydroxylation is 1. The lowest BCUT2D eigenvalue weighted by Crippen LogP contribution is -2.08. The molecule has 2 rings (SSSR count). The molecule has 0 unspecified atom stereocenters. The zero-order valence-electron chi connectivity index (χ0n) is 11.3. The van der Waals surface area contributed by atoms with Crippen molar-refractivity contribution in [1.29, 1.82) is 0 Å². The largest absolute Gasteiger partial charge is 0.490 e. The molecular formula is C16H16N2O2. The van der Waals surface area contributed by atoms with Gasteiger partial charge in [-0.1, -0.05) is 30.9 Å². The lowest BCUT2D eigenvalue weighted by Gasteiger charge is -2.02. The SMILES string of the molecule is C=CCOc1ccc(C=Cc2n[nH]c(=O)cc2C)cc1. The number of benzene rings is 1. The second-order valence-corrected chi connectivity index (χ2v) is 4.30. The Balaban J connectivity index is 2.11. The van der Waals surface area contributed by atoms with Crippen molar-refractivity contribution in [3.05, 3.63) is 70.2 Å². The lowest BCUT2D eigenvalue weighted by molar-refractivity contribution is 0.363. The minimum atomic E-state index is -0.191. The second-order valence-electron chi connectivity index (χ2n) is 4.30. The third-order valence-corrected chi connectivity index (χ3v) is 2.72. The van der Waals surface area contributed by atoms with Crippen LogP contribution < -0.4 is 10.3 Å². The lowest BCUT2D eigenvalue weighted by atomic mass is 10.1. The molecular weight excluding hydrogens is 252 g/mol. The van der Waals surface area contributed by atoms with Gasteiger partial charge in [-0.25, -0.2) is 5.10 Å². The van der Waals surface area contributed by atoms with Crippen LogP contribution in [0, 0.1) is 6.92 Å². The Bertz CT molecular complexity index is 670. The van der Waals surface area contributed by atoms with Crippen LogP contribution in [0.2, 0.25) is 0 Å². The fraction of sp³-hybridized carbons (Fsp3) is 0.125. The number of ether oxygens (including phenoxy) is 1. The topological polar surface area (TPSA) is 55.0 Å². The van der Waals surface area contributed by atoms with Crippen LogP contribution >= 0.6 is 0 Å². The Labute approximate surface area is 117 Å². The number of hydrogen-bond donors (Lipinski definition) is 1. The van der Waals surface area contributed by atoms with Crippen molar-refractivity contribution < 1.29 is 4.74 Å². The Hall–Kier alpha value is -2.62. The zero-order valence-corrected chi connectivity index (χ0v) is 11.3. The van der Waals surface area contributed by atoms with Crippen molar-refractivity contribution in [3.8, 4) is 5.75 Å². The van der Waals surface area contributed by atoms with Crippen molar-refractivity contribution in [2.45, 2.75) is 6.92 Å². The van der Waals surface area contributed by atoms with Crippen LogP contribution in [0.1, 0.15) is 16.8 Å². The third kappa shape index (κ3) is 3.68. The van der Waals surface area contributed by atoms with Gasteiger partial charge in [-0.2, -0.15) is 5.10 Å². The van der Waals surface area contributed by atoms with Gasteiger partial charge in [0.15, 0.2) is 0 Å². The van der Waals surface area contributed by atoms with Crippen LogP contribution in [0.4, 0.5) is 0 Å². The molecule has 0 amide bonds. The Morgan fingerprint density at radius 3 is 2.70 bits per heavy atom. The van der Waals surface area contributed by atoms with Crippen molar-refractivity contribution >= 4 is 12.2 Å². The van der Waals surface area contributed by atoms with Gasteiger partial charge in [-0.05, 0) is 36.3 Å².